The Labute approximate surface area is 177 Å². The van der Waals surface area contributed by atoms with Crippen LogP contribution in [0, 0.1) is 5.41 Å². The first-order chi connectivity index (χ1) is 14.1. The van der Waals surface area contributed by atoms with Crippen LogP contribution in [-0.4, -0.2) is 60.7 Å². The molecule has 0 unspecified atom stereocenters. The third kappa shape index (κ3) is 7.88. The number of benzene rings is 1. The van der Waals surface area contributed by atoms with Crippen LogP contribution in [0.25, 0.3) is 11.1 Å². The molecule has 0 fully saturated rings. The maximum atomic E-state index is 11.7. The van der Waals surface area contributed by atoms with Gasteiger partial charge in [-0.2, -0.15) is 0 Å². The molecule has 30 heavy (non-hydrogen) atoms. The molecule has 0 aliphatic rings. The van der Waals surface area contributed by atoms with Gasteiger partial charge in [0.05, 0.1) is 18.5 Å². The summed E-state index contributed by atoms with van der Waals surface area (Å²) in [7, 11) is -1.61. The van der Waals surface area contributed by atoms with Crippen LogP contribution in [-0.2, 0) is 21.2 Å². The third-order valence-electron chi connectivity index (χ3n) is 4.49. The Kier molecular flexibility index (Phi) is 8.43. The molecule has 9 nitrogen and oxygen atoms in total. The highest BCUT2D eigenvalue weighted by molar-refractivity contribution is 7.88. The summed E-state index contributed by atoms with van der Waals surface area (Å²) in [6.45, 7) is 0.981. The molecule has 0 saturated carbocycles. The number of amidine groups is 1. The number of carbonyl (C=O) groups excluding carboxylic acids is 1. The summed E-state index contributed by atoms with van der Waals surface area (Å²) in [5.74, 6) is 0.322. The second kappa shape index (κ2) is 10.8. The maximum Gasteiger partial charge on any atom is 0.222 e. The number of nitrogens with two attached hydrogens (primary N) is 1. The van der Waals surface area contributed by atoms with Gasteiger partial charge in [0.1, 0.15) is 5.78 Å². The van der Waals surface area contributed by atoms with Gasteiger partial charge in [-0.1, -0.05) is 24.3 Å². The molecular formula is C20H28N6O3S. The summed E-state index contributed by atoms with van der Waals surface area (Å²) in [6.07, 6.45) is 6.18. The number of anilines is 1. The Balaban J connectivity index is 1.88. The van der Waals surface area contributed by atoms with E-state index in [-0.39, 0.29) is 18.0 Å². The molecule has 2 aromatic rings. The van der Waals surface area contributed by atoms with E-state index in [1.165, 1.54) is 10.6 Å². The number of ketones is 1. The van der Waals surface area contributed by atoms with E-state index < -0.39 is 10.0 Å². The predicted octanol–water partition coefficient (Wildman–Crippen LogP) is 1.66. The van der Waals surface area contributed by atoms with E-state index in [1.807, 2.05) is 24.3 Å². The van der Waals surface area contributed by atoms with Crippen LogP contribution in [0.3, 0.4) is 0 Å². The van der Waals surface area contributed by atoms with E-state index in [4.69, 9.17) is 11.1 Å². The molecule has 0 bridgehead atoms. The summed E-state index contributed by atoms with van der Waals surface area (Å²) >= 11 is 0. The van der Waals surface area contributed by atoms with Gasteiger partial charge < -0.3 is 11.1 Å². The monoisotopic (exact) mass is 432 g/mol. The topological polar surface area (TPSA) is 142 Å². The minimum Gasteiger partial charge on any atom is -0.387 e. The van der Waals surface area contributed by atoms with Gasteiger partial charge in [-0.3, -0.25) is 10.2 Å². The predicted molar refractivity (Wildman–Crippen MR) is 118 cm³/mol. The average molecular weight is 433 g/mol. The first kappa shape index (κ1) is 23.4. The Morgan fingerprint density at radius 2 is 1.93 bits per heavy atom. The molecule has 0 spiro atoms. The Morgan fingerprint density at radius 3 is 2.57 bits per heavy atom. The lowest BCUT2D eigenvalue weighted by Crippen LogP contribution is -2.27. The molecular weight excluding hydrogens is 404 g/mol. The number of sulfonamides is 1. The Bertz CT molecular complexity index is 976. The van der Waals surface area contributed by atoms with E-state index in [1.54, 1.807) is 19.4 Å². The molecule has 4 N–H and O–H groups in total. The van der Waals surface area contributed by atoms with Crippen LogP contribution in [0.15, 0.2) is 36.7 Å². The fourth-order valence-corrected chi connectivity index (χ4v) is 3.19. The molecule has 0 amide bonds. The molecule has 162 valence electrons. The number of aromatic nitrogens is 2. The van der Waals surface area contributed by atoms with E-state index in [9.17, 15) is 13.2 Å². The fourth-order valence-electron chi connectivity index (χ4n) is 2.73. The highest BCUT2D eigenvalue weighted by atomic mass is 32.2. The highest BCUT2D eigenvalue weighted by Crippen LogP contribution is 2.20. The van der Waals surface area contributed by atoms with Gasteiger partial charge in [0.15, 0.2) is 0 Å². The van der Waals surface area contributed by atoms with Crippen molar-refractivity contribution in [2.75, 3.05) is 31.7 Å². The number of nitrogens with one attached hydrogen (secondary N) is 2. The van der Waals surface area contributed by atoms with Gasteiger partial charge in [0, 0.05) is 44.5 Å². The average Bonchev–Trinajstić information content (AvgIpc) is 2.69. The zero-order valence-electron chi connectivity index (χ0n) is 17.3. The van der Waals surface area contributed by atoms with Crippen molar-refractivity contribution in [3.05, 3.63) is 42.2 Å². The maximum absolute atomic E-state index is 11.7. The molecule has 0 atom stereocenters. The number of carbonyl (C=O) groups is 1. The second-order valence-corrected chi connectivity index (χ2v) is 9.19. The molecule has 0 aliphatic heterocycles. The van der Waals surface area contributed by atoms with Crippen molar-refractivity contribution in [2.24, 2.45) is 5.73 Å². The van der Waals surface area contributed by atoms with Crippen LogP contribution < -0.4 is 11.1 Å². The lowest BCUT2D eigenvalue weighted by atomic mass is 10.0. The van der Waals surface area contributed by atoms with Crippen LogP contribution in [0.2, 0.25) is 0 Å². The molecule has 2 rings (SSSR count). The van der Waals surface area contributed by atoms with E-state index in [0.29, 0.717) is 38.3 Å². The number of hydrogen-bond acceptors (Lipinski definition) is 7. The van der Waals surface area contributed by atoms with Crippen molar-refractivity contribution >= 4 is 27.6 Å². The smallest absolute Gasteiger partial charge is 0.222 e. The molecule has 0 radical (unpaired) electrons. The van der Waals surface area contributed by atoms with Crippen molar-refractivity contribution in [3.63, 3.8) is 0 Å². The number of hydrogen-bond donors (Lipinski definition) is 3. The zero-order valence-corrected chi connectivity index (χ0v) is 18.1. The second-order valence-electron chi connectivity index (χ2n) is 7.10. The van der Waals surface area contributed by atoms with Crippen LogP contribution >= 0.6 is 0 Å². The van der Waals surface area contributed by atoms with Gasteiger partial charge in [0.25, 0.3) is 0 Å². The van der Waals surface area contributed by atoms with E-state index >= 15 is 0 Å². The van der Waals surface area contributed by atoms with Gasteiger partial charge in [-0.25, -0.2) is 22.7 Å². The first-order valence-corrected chi connectivity index (χ1v) is 11.4. The minimum absolute atomic E-state index is 0.00740. The van der Waals surface area contributed by atoms with Crippen LogP contribution in [0.5, 0.6) is 0 Å². The SMILES string of the molecule is CN(CCCNc1ncc(-c2cccc(CCC(=O)CC(=N)N)c2)cn1)S(C)(=O)=O. The molecule has 0 saturated heterocycles. The van der Waals surface area contributed by atoms with Crippen molar-refractivity contribution in [1.29, 1.82) is 5.41 Å². The summed E-state index contributed by atoms with van der Waals surface area (Å²) in [5.41, 5.74) is 8.08. The summed E-state index contributed by atoms with van der Waals surface area (Å²) in [4.78, 5) is 20.4. The molecule has 0 aliphatic carbocycles. The first-order valence-electron chi connectivity index (χ1n) is 9.56. The van der Waals surface area contributed by atoms with Crippen molar-refractivity contribution < 1.29 is 13.2 Å². The Morgan fingerprint density at radius 1 is 1.23 bits per heavy atom. The number of aryl methyl sites for hydroxylation is 1. The number of Topliss-reactive ketones (excluding diaryl/α,β-unsaturated/α-hetero) is 1. The number of nitrogens with zero attached hydrogens (tertiary/aromatic N) is 3. The normalized spacial score (nSPS) is 11.4. The van der Waals surface area contributed by atoms with Crippen LogP contribution in [0.1, 0.15) is 24.8 Å². The standard InChI is InChI=1S/C20H28N6O3S/c1-26(30(2,28)29)10-4-9-23-20-24-13-17(14-25-20)16-6-3-5-15(11-16)7-8-18(27)12-19(21)22/h3,5-6,11,13-14H,4,7-10,12H2,1-2H3,(H3,21,22)(H,23,24,25). The van der Waals surface area contributed by atoms with Crippen LogP contribution in [0.4, 0.5) is 5.95 Å². The molecule has 1 aromatic heterocycles. The van der Waals surface area contributed by atoms with E-state index in [0.717, 1.165) is 16.7 Å². The summed E-state index contributed by atoms with van der Waals surface area (Å²) in [6, 6.07) is 7.82. The lowest BCUT2D eigenvalue weighted by Gasteiger charge is -2.13. The van der Waals surface area contributed by atoms with Crippen molar-refractivity contribution in [2.45, 2.75) is 25.7 Å². The number of rotatable bonds is 12. The molecule has 10 heteroatoms. The summed E-state index contributed by atoms with van der Waals surface area (Å²) < 4.78 is 24.0. The minimum atomic E-state index is -3.16. The Hall–Kier alpha value is -2.85. The van der Waals surface area contributed by atoms with Crippen molar-refractivity contribution in [1.82, 2.24) is 14.3 Å². The van der Waals surface area contributed by atoms with Gasteiger partial charge in [-0.15, -0.1) is 0 Å². The largest absolute Gasteiger partial charge is 0.387 e. The lowest BCUT2D eigenvalue weighted by molar-refractivity contribution is -0.117. The summed E-state index contributed by atoms with van der Waals surface area (Å²) in [5, 5.41) is 10.3. The van der Waals surface area contributed by atoms with Gasteiger partial charge >= 0.3 is 0 Å². The molecule has 1 aromatic carbocycles. The molecule has 1 heterocycles. The zero-order chi connectivity index (χ0) is 22.1. The van der Waals surface area contributed by atoms with E-state index in [2.05, 4.69) is 15.3 Å². The quantitative estimate of drug-likeness (QED) is 0.263. The van der Waals surface area contributed by atoms with Gasteiger partial charge in [-0.05, 0) is 24.0 Å². The van der Waals surface area contributed by atoms with Gasteiger partial charge in [0.2, 0.25) is 16.0 Å². The highest BCUT2D eigenvalue weighted by Gasteiger charge is 2.10. The third-order valence-corrected chi connectivity index (χ3v) is 5.81. The fraction of sp³-hybridized carbons (Fsp3) is 0.400. The van der Waals surface area contributed by atoms with Crippen molar-refractivity contribution in [3.8, 4) is 11.1 Å².